The summed E-state index contributed by atoms with van der Waals surface area (Å²) < 4.78 is 5.39. The van der Waals surface area contributed by atoms with E-state index in [2.05, 4.69) is 4.90 Å². The molecule has 1 unspecified atom stereocenters. The molecular formula is C12H24N2O. The van der Waals surface area contributed by atoms with E-state index >= 15 is 0 Å². The average Bonchev–Trinajstić information content (AvgIpc) is 2.31. The molecule has 3 nitrogen and oxygen atoms in total. The molecule has 0 aliphatic carbocycles. The molecule has 2 rings (SSSR count). The molecule has 0 spiro atoms. The monoisotopic (exact) mass is 212 g/mol. The van der Waals surface area contributed by atoms with Crippen LogP contribution >= 0.6 is 0 Å². The standard InChI is InChI=1S/C12H24N2O/c13-8-12-2-1-5-14(10-12)9-11-3-6-15-7-4-11/h11-12H,1-10,13H2. The Hall–Kier alpha value is -0.120. The third kappa shape index (κ3) is 3.44. The minimum Gasteiger partial charge on any atom is -0.381 e. The lowest BCUT2D eigenvalue weighted by atomic mass is 9.94. The van der Waals surface area contributed by atoms with Crippen molar-refractivity contribution >= 4 is 0 Å². The van der Waals surface area contributed by atoms with Crippen LogP contribution in [-0.4, -0.2) is 44.3 Å². The van der Waals surface area contributed by atoms with Crippen molar-refractivity contribution in [2.24, 2.45) is 17.6 Å². The van der Waals surface area contributed by atoms with Crippen LogP contribution in [0.2, 0.25) is 0 Å². The van der Waals surface area contributed by atoms with E-state index in [1.54, 1.807) is 0 Å². The summed E-state index contributed by atoms with van der Waals surface area (Å²) in [6, 6.07) is 0. The van der Waals surface area contributed by atoms with Crippen molar-refractivity contribution < 1.29 is 4.74 Å². The zero-order valence-electron chi connectivity index (χ0n) is 9.66. The second-order valence-electron chi connectivity index (χ2n) is 5.06. The highest BCUT2D eigenvalue weighted by molar-refractivity contribution is 4.76. The van der Waals surface area contributed by atoms with E-state index in [4.69, 9.17) is 10.5 Å². The predicted molar refractivity (Wildman–Crippen MR) is 61.8 cm³/mol. The second kappa shape index (κ2) is 5.83. The lowest BCUT2D eigenvalue weighted by Crippen LogP contribution is -2.41. The number of nitrogens with two attached hydrogens (primary N) is 1. The van der Waals surface area contributed by atoms with Gasteiger partial charge in [0.1, 0.15) is 0 Å². The predicted octanol–water partition coefficient (Wildman–Crippen LogP) is 1.08. The molecule has 3 heteroatoms. The summed E-state index contributed by atoms with van der Waals surface area (Å²) in [5, 5.41) is 0. The average molecular weight is 212 g/mol. The van der Waals surface area contributed by atoms with Gasteiger partial charge in [-0.15, -0.1) is 0 Å². The molecule has 0 aromatic carbocycles. The van der Waals surface area contributed by atoms with E-state index < -0.39 is 0 Å². The van der Waals surface area contributed by atoms with Crippen LogP contribution in [0.1, 0.15) is 25.7 Å². The zero-order valence-corrected chi connectivity index (χ0v) is 9.66. The largest absolute Gasteiger partial charge is 0.381 e. The quantitative estimate of drug-likeness (QED) is 0.761. The SMILES string of the molecule is NCC1CCCN(CC2CCOCC2)C1. The highest BCUT2D eigenvalue weighted by Crippen LogP contribution is 2.20. The van der Waals surface area contributed by atoms with Gasteiger partial charge in [-0.1, -0.05) is 0 Å². The molecule has 0 aromatic heterocycles. The molecule has 2 aliphatic rings. The molecule has 88 valence electrons. The number of hydrogen-bond acceptors (Lipinski definition) is 3. The first-order valence-corrected chi connectivity index (χ1v) is 6.38. The molecule has 2 heterocycles. The summed E-state index contributed by atoms with van der Waals surface area (Å²) in [6.45, 7) is 6.60. The van der Waals surface area contributed by atoms with E-state index in [9.17, 15) is 0 Å². The van der Waals surface area contributed by atoms with E-state index in [0.717, 1.165) is 31.6 Å². The van der Waals surface area contributed by atoms with Gasteiger partial charge in [-0.2, -0.15) is 0 Å². The van der Waals surface area contributed by atoms with Crippen molar-refractivity contribution in [3.63, 3.8) is 0 Å². The number of ether oxygens (including phenoxy) is 1. The van der Waals surface area contributed by atoms with Crippen LogP contribution in [0.5, 0.6) is 0 Å². The first-order valence-electron chi connectivity index (χ1n) is 6.38. The molecule has 2 saturated heterocycles. The molecule has 0 saturated carbocycles. The Bertz CT molecular complexity index is 180. The van der Waals surface area contributed by atoms with Gasteiger partial charge >= 0.3 is 0 Å². The number of hydrogen-bond donors (Lipinski definition) is 1. The molecule has 15 heavy (non-hydrogen) atoms. The molecule has 0 amide bonds. The Morgan fingerprint density at radius 2 is 1.93 bits per heavy atom. The summed E-state index contributed by atoms with van der Waals surface area (Å²) in [5.41, 5.74) is 5.75. The lowest BCUT2D eigenvalue weighted by Gasteiger charge is -2.35. The smallest absolute Gasteiger partial charge is 0.0469 e. The Morgan fingerprint density at radius 3 is 2.67 bits per heavy atom. The first-order chi connectivity index (χ1) is 7.38. The fourth-order valence-corrected chi connectivity index (χ4v) is 2.80. The van der Waals surface area contributed by atoms with Crippen LogP contribution in [0.4, 0.5) is 0 Å². The number of likely N-dealkylation sites (tertiary alicyclic amines) is 1. The van der Waals surface area contributed by atoms with Gasteiger partial charge in [-0.3, -0.25) is 0 Å². The second-order valence-corrected chi connectivity index (χ2v) is 5.06. The fourth-order valence-electron chi connectivity index (χ4n) is 2.80. The summed E-state index contributed by atoms with van der Waals surface area (Å²) in [6.07, 6.45) is 5.18. The molecule has 0 aromatic rings. The van der Waals surface area contributed by atoms with Crippen LogP contribution in [0.15, 0.2) is 0 Å². The Balaban J connectivity index is 1.72. The summed E-state index contributed by atoms with van der Waals surface area (Å²) in [5.74, 6) is 1.62. The summed E-state index contributed by atoms with van der Waals surface area (Å²) >= 11 is 0. The maximum absolute atomic E-state index is 5.75. The topological polar surface area (TPSA) is 38.5 Å². The maximum atomic E-state index is 5.75. The third-order valence-electron chi connectivity index (χ3n) is 3.79. The Labute approximate surface area is 93.0 Å². The normalized spacial score (nSPS) is 30.6. The van der Waals surface area contributed by atoms with E-state index in [1.165, 1.54) is 45.3 Å². The number of rotatable bonds is 3. The first kappa shape index (κ1) is 11.4. The molecule has 0 radical (unpaired) electrons. The summed E-state index contributed by atoms with van der Waals surface area (Å²) in [7, 11) is 0. The van der Waals surface area contributed by atoms with Gasteiger partial charge in [0, 0.05) is 26.3 Å². The minimum absolute atomic E-state index is 0.749. The lowest BCUT2D eigenvalue weighted by molar-refractivity contribution is 0.0456. The Kier molecular flexibility index (Phi) is 4.42. The number of nitrogens with zero attached hydrogens (tertiary/aromatic N) is 1. The maximum Gasteiger partial charge on any atom is 0.0469 e. The highest BCUT2D eigenvalue weighted by Gasteiger charge is 2.22. The van der Waals surface area contributed by atoms with Gasteiger partial charge in [-0.25, -0.2) is 0 Å². The minimum atomic E-state index is 0.749. The third-order valence-corrected chi connectivity index (χ3v) is 3.79. The van der Waals surface area contributed by atoms with Crippen LogP contribution in [0.3, 0.4) is 0 Å². The van der Waals surface area contributed by atoms with Crippen LogP contribution in [0, 0.1) is 11.8 Å². The zero-order chi connectivity index (χ0) is 10.5. The molecule has 1 atom stereocenters. The van der Waals surface area contributed by atoms with Crippen LogP contribution in [0.25, 0.3) is 0 Å². The van der Waals surface area contributed by atoms with Crippen molar-refractivity contribution in [1.29, 1.82) is 0 Å². The van der Waals surface area contributed by atoms with Crippen molar-refractivity contribution in [2.45, 2.75) is 25.7 Å². The molecule has 2 N–H and O–H groups in total. The van der Waals surface area contributed by atoms with Gasteiger partial charge in [0.05, 0.1) is 0 Å². The molecular weight excluding hydrogens is 188 g/mol. The molecule has 2 fully saturated rings. The van der Waals surface area contributed by atoms with Gasteiger partial charge in [0.2, 0.25) is 0 Å². The van der Waals surface area contributed by atoms with Gasteiger partial charge in [0.25, 0.3) is 0 Å². The van der Waals surface area contributed by atoms with Crippen molar-refractivity contribution in [3.05, 3.63) is 0 Å². The Morgan fingerprint density at radius 1 is 1.13 bits per heavy atom. The van der Waals surface area contributed by atoms with Crippen LogP contribution in [-0.2, 0) is 4.74 Å². The van der Waals surface area contributed by atoms with Gasteiger partial charge in [-0.05, 0) is 50.6 Å². The van der Waals surface area contributed by atoms with E-state index in [1.807, 2.05) is 0 Å². The number of piperidine rings is 1. The van der Waals surface area contributed by atoms with E-state index in [-0.39, 0.29) is 0 Å². The molecule has 2 aliphatic heterocycles. The fraction of sp³-hybridized carbons (Fsp3) is 1.00. The van der Waals surface area contributed by atoms with Crippen molar-refractivity contribution in [2.75, 3.05) is 39.4 Å². The van der Waals surface area contributed by atoms with Crippen LogP contribution < -0.4 is 5.73 Å². The molecule has 0 bridgehead atoms. The van der Waals surface area contributed by atoms with Gasteiger partial charge in [0.15, 0.2) is 0 Å². The summed E-state index contributed by atoms with van der Waals surface area (Å²) in [4.78, 5) is 2.62. The van der Waals surface area contributed by atoms with Crippen molar-refractivity contribution in [3.8, 4) is 0 Å². The highest BCUT2D eigenvalue weighted by atomic mass is 16.5. The van der Waals surface area contributed by atoms with E-state index in [0.29, 0.717) is 0 Å². The van der Waals surface area contributed by atoms with Crippen molar-refractivity contribution in [1.82, 2.24) is 4.90 Å². The van der Waals surface area contributed by atoms with Gasteiger partial charge < -0.3 is 15.4 Å².